The summed E-state index contributed by atoms with van der Waals surface area (Å²) in [5.74, 6) is -0.762. The maximum absolute atomic E-state index is 12.5. The SMILES string of the molecule is COC(=O)[C@@H]1CCC(O)N1S(=O)(=O)c1ccc([N+](=O)[O-])cc1. The molecule has 2 rings (SSSR count). The number of rotatable bonds is 4. The summed E-state index contributed by atoms with van der Waals surface area (Å²) >= 11 is 0. The van der Waals surface area contributed by atoms with Gasteiger partial charge in [0.25, 0.3) is 5.69 Å². The number of ether oxygens (including phenoxy) is 1. The number of sulfonamides is 1. The second kappa shape index (κ2) is 5.99. The van der Waals surface area contributed by atoms with Crippen LogP contribution in [0.15, 0.2) is 29.2 Å². The molecule has 2 atom stereocenters. The summed E-state index contributed by atoms with van der Waals surface area (Å²) in [4.78, 5) is 21.4. The van der Waals surface area contributed by atoms with Gasteiger partial charge in [0, 0.05) is 12.1 Å². The van der Waals surface area contributed by atoms with E-state index in [4.69, 9.17) is 0 Å². The van der Waals surface area contributed by atoms with E-state index < -0.39 is 33.2 Å². The number of carbonyl (C=O) groups excluding carboxylic acids is 1. The van der Waals surface area contributed by atoms with E-state index >= 15 is 0 Å². The normalized spacial score (nSPS) is 22.5. The van der Waals surface area contributed by atoms with Gasteiger partial charge >= 0.3 is 5.97 Å². The lowest BCUT2D eigenvalue weighted by Gasteiger charge is -2.24. The number of methoxy groups -OCH3 is 1. The van der Waals surface area contributed by atoms with E-state index in [1.165, 1.54) is 0 Å². The highest BCUT2D eigenvalue weighted by Crippen LogP contribution is 2.31. The summed E-state index contributed by atoms with van der Waals surface area (Å²) < 4.78 is 30.3. The molecule has 1 aromatic rings. The maximum atomic E-state index is 12.5. The molecule has 0 saturated carbocycles. The Hall–Kier alpha value is -2.04. The van der Waals surface area contributed by atoms with Crippen LogP contribution in [0.1, 0.15) is 12.8 Å². The van der Waals surface area contributed by atoms with Crippen LogP contribution in [0.5, 0.6) is 0 Å². The van der Waals surface area contributed by atoms with Crippen molar-refractivity contribution in [2.75, 3.05) is 7.11 Å². The van der Waals surface area contributed by atoms with Gasteiger partial charge in [-0.15, -0.1) is 0 Å². The number of non-ortho nitro benzene ring substituents is 1. The number of nitro benzene ring substituents is 1. The Morgan fingerprint density at radius 1 is 1.36 bits per heavy atom. The molecule has 0 aromatic heterocycles. The smallest absolute Gasteiger partial charge is 0.324 e. The van der Waals surface area contributed by atoms with Gasteiger partial charge in [-0.2, -0.15) is 4.31 Å². The average molecular weight is 330 g/mol. The molecular formula is C12H14N2O7S. The molecule has 1 aliphatic heterocycles. The van der Waals surface area contributed by atoms with Crippen molar-refractivity contribution in [3.63, 3.8) is 0 Å². The predicted molar refractivity (Wildman–Crippen MR) is 73.2 cm³/mol. The summed E-state index contributed by atoms with van der Waals surface area (Å²) in [5, 5.41) is 20.5. The second-order valence-corrected chi connectivity index (χ2v) is 6.53. The monoisotopic (exact) mass is 330 g/mol. The van der Waals surface area contributed by atoms with Crippen molar-refractivity contribution in [2.24, 2.45) is 0 Å². The number of carbonyl (C=O) groups is 1. The van der Waals surface area contributed by atoms with Crippen molar-refractivity contribution in [2.45, 2.75) is 30.0 Å². The molecule has 1 fully saturated rings. The summed E-state index contributed by atoms with van der Waals surface area (Å²) in [6.45, 7) is 0. The van der Waals surface area contributed by atoms with Crippen LogP contribution in [0.25, 0.3) is 0 Å². The number of hydrogen-bond acceptors (Lipinski definition) is 7. The van der Waals surface area contributed by atoms with Crippen LogP contribution in [0, 0.1) is 10.1 Å². The molecule has 0 aliphatic carbocycles. The topological polar surface area (TPSA) is 127 Å². The Morgan fingerprint density at radius 2 is 1.95 bits per heavy atom. The van der Waals surface area contributed by atoms with Crippen LogP contribution in [0.3, 0.4) is 0 Å². The van der Waals surface area contributed by atoms with E-state index in [1.54, 1.807) is 0 Å². The van der Waals surface area contributed by atoms with Crippen LogP contribution < -0.4 is 0 Å². The Labute approximate surface area is 126 Å². The molecule has 0 amide bonds. The highest BCUT2D eigenvalue weighted by Gasteiger charge is 2.45. The molecule has 1 aliphatic rings. The van der Waals surface area contributed by atoms with E-state index in [0.717, 1.165) is 31.4 Å². The molecule has 0 radical (unpaired) electrons. The zero-order chi connectivity index (χ0) is 16.5. The van der Waals surface area contributed by atoms with E-state index in [9.17, 15) is 28.4 Å². The van der Waals surface area contributed by atoms with Crippen molar-refractivity contribution in [1.29, 1.82) is 0 Å². The molecule has 1 aromatic carbocycles. The van der Waals surface area contributed by atoms with Crippen molar-refractivity contribution < 1.29 is 28.0 Å². The zero-order valence-electron chi connectivity index (χ0n) is 11.6. The Kier molecular flexibility index (Phi) is 4.44. The van der Waals surface area contributed by atoms with Gasteiger partial charge in [0.1, 0.15) is 12.3 Å². The van der Waals surface area contributed by atoms with E-state index in [1.807, 2.05) is 0 Å². The number of aliphatic hydroxyl groups excluding tert-OH is 1. The first-order valence-electron chi connectivity index (χ1n) is 6.33. The minimum absolute atomic E-state index is 0.103. The number of esters is 1. The third-order valence-corrected chi connectivity index (χ3v) is 5.32. The van der Waals surface area contributed by atoms with Crippen LogP contribution in [-0.4, -0.2) is 48.1 Å². The molecule has 120 valence electrons. The first-order chi connectivity index (χ1) is 10.3. The minimum atomic E-state index is -4.17. The molecule has 1 heterocycles. The summed E-state index contributed by atoms with van der Waals surface area (Å²) in [7, 11) is -3.05. The zero-order valence-corrected chi connectivity index (χ0v) is 12.4. The van der Waals surface area contributed by atoms with Crippen molar-refractivity contribution in [3.8, 4) is 0 Å². The largest absolute Gasteiger partial charge is 0.468 e. The van der Waals surface area contributed by atoms with Gasteiger partial charge < -0.3 is 9.84 Å². The van der Waals surface area contributed by atoms with E-state index in [-0.39, 0.29) is 23.4 Å². The van der Waals surface area contributed by atoms with Gasteiger partial charge in [0.15, 0.2) is 0 Å². The maximum Gasteiger partial charge on any atom is 0.324 e. The van der Waals surface area contributed by atoms with Crippen LogP contribution in [0.2, 0.25) is 0 Å². The fourth-order valence-corrected chi connectivity index (χ4v) is 3.99. The number of benzene rings is 1. The minimum Gasteiger partial charge on any atom is -0.468 e. The van der Waals surface area contributed by atoms with Crippen molar-refractivity contribution in [3.05, 3.63) is 34.4 Å². The molecule has 1 saturated heterocycles. The Balaban J connectivity index is 2.39. The fraction of sp³-hybridized carbons (Fsp3) is 0.417. The standard InChI is InChI=1S/C12H14N2O7S/c1-21-12(16)10-6-7-11(15)13(10)22(19,20)9-4-2-8(3-5-9)14(17)18/h2-5,10-11,15H,6-7H2,1H3/t10-,11?/m0/s1. The number of nitro groups is 1. The highest BCUT2D eigenvalue weighted by atomic mass is 32.2. The Morgan fingerprint density at radius 3 is 2.45 bits per heavy atom. The van der Waals surface area contributed by atoms with Crippen LogP contribution in [-0.2, 0) is 19.6 Å². The first-order valence-corrected chi connectivity index (χ1v) is 7.77. The van der Waals surface area contributed by atoms with Gasteiger partial charge in [-0.3, -0.25) is 14.9 Å². The molecule has 0 bridgehead atoms. The summed E-state index contributed by atoms with van der Waals surface area (Å²) in [6, 6.07) is 3.10. The van der Waals surface area contributed by atoms with Crippen molar-refractivity contribution in [1.82, 2.24) is 4.31 Å². The van der Waals surface area contributed by atoms with E-state index in [2.05, 4.69) is 4.74 Å². The first kappa shape index (κ1) is 16.3. The van der Waals surface area contributed by atoms with Gasteiger partial charge in [0.05, 0.1) is 16.9 Å². The number of hydrogen-bond donors (Lipinski definition) is 1. The molecule has 1 N–H and O–H groups in total. The highest BCUT2D eigenvalue weighted by molar-refractivity contribution is 7.89. The van der Waals surface area contributed by atoms with Gasteiger partial charge in [-0.1, -0.05) is 0 Å². The lowest BCUT2D eigenvalue weighted by atomic mass is 10.2. The molecular weight excluding hydrogens is 316 g/mol. The van der Waals surface area contributed by atoms with Crippen LogP contribution in [0.4, 0.5) is 5.69 Å². The lowest BCUT2D eigenvalue weighted by Crippen LogP contribution is -2.45. The van der Waals surface area contributed by atoms with E-state index in [0.29, 0.717) is 4.31 Å². The number of aliphatic hydroxyl groups is 1. The van der Waals surface area contributed by atoms with Crippen molar-refractivity contribution >= 4 is 21.7 Å². The third-order valence-electron chi connectivity index (χ3n) is 3.40. The van der Waals surface area contributed by atoms with Gasteiger partial charge in [-0.25, -0.2) is 8.42 Å². The Bertz CT molecular complexity index is 686. The number of nitrogens with zero attached hydrogens (tertiary/aromatic N) is 2. The second-order valence-electron chi connectivity index (χ2n) is 4.68. The molecule has 1 unspecified atom stereocenters. The molecule has 10 heteroatoms. The average Bonchev–Trinajstić information content (AvgIpc) is 2.89. The summed E-state index contributed by atoms with van der Waals surface area (Å²) in [5.41, 5.74) is -0.259. The predicted octanol–water partition coefficient (Wildman–Crippen LogP) is 0.239. The summed E-state index contributed by atoms with van der Waals surface area (Å²) in [6.07, 6.45) is -1.10. The fourth-order valence-electron chi connectivity index (χ4n) is 2.32. The molecule has 9 nitrogen and oxygen atoms in total. The third kappa shape index (κ3) is 2.80. The van der Waals surface area contributed by atoms with Gasteiger partial charge in [-0.05, 0) is 25.0 Å². The quantitative estimate of drug-likeness (QED) is 0.476. The lowest BCUT2D eigenvalue weighted by molar-refractivity contribution is -0.384. The molecule has 0 spiro atoms. The molecule has 22 heavy (non-hydrogen) atoms. The van der Waals surface area contributed by atoms with Gasteiger partial charge in [0.2, 0.25) is 10.0 Å². The van der Waals surface area contributed by atoms with Crippen LogP contribution >= 0.6 is 0 Å².